The van der Waals surface area contributed by atoms with Gasteiger partial charge in [0.15, 0.2) is 5.65 Å². The highest BCUT2D eigenvalue weighted by Gasteiger charge is 2.17. The molecular formula is C16H23ClN4. The summed E-state index contributed by atoms with van der Waals surface area (Å²) in [5.74, 6) is 0.932. The van der Waals surface area contributed by atoms with Crippen molar-refractivity contribution in [1.82, 2.24) is 19.4 Å². The standard InChI is InChI=1S/C16H23ClN4/c1-12-10-14-16(18-11-12)21(15(19-14)13(2)17)9-8-20-6-4-3-5-7-20/h10-11,13H,3-9H2,1-2H3. The molecule has 114 valence electrons. The van der Waals surface area contributed by atoms with Crippen molar-refractivity contribution in [1.29, 1.82) is 0 Å². The molecule has 0 aromatic carbocycles. The minimum Gasteiger partial charge on any atom is -0.310 e. The fourth-order valence-electron chi connectivity index (χ4n) is 3.08. The van der Waals surface area contributed by atoms with Crippen LogP contribution in [-0.2, 0) is 6.54 Å². The fraction of sp³-hybridized carbons (Fsp3) is 0.625. The molecule has 0 saturated carbocycles. The van der Waals surface area contributed by atoms with Crippen molar-refractivity contribution < 1.29 is 0 Å². The van der Waals surface area contributed by atoms with E-state index in [4.69, 9.17) is 11.6 Å². The Kier molecular flexibility index (Phi) is 4.45. The molecule has 0 aliphatic carbocycles. The SMILES string of the molecule is Cc1cnc2c(c1)nc(C(C)Cl)n2CCN1CCCCC1. The molecule has 3 rings (SSSR count). The van der Waals surface area contributed by atoms with Crippen LogP contribution in [-0.4, -0.2) is 39.1 Å². The number of imidazole rings is 1. The van der Waals surface area contributed by atoms with Crippen LogP contribution in [0.4, 0.5) is 0 Å². The molecule has 3 heterocycles. The molecule has 21 heavy (non-hydrogen) atoms. The highest BCUT2D eigenvalue weighted by Crippen LogP contribution is 2.24. The highest BCUT2D eigenvalue weighted by molar-refractivity contribution is 6.20. The Morgan fingerprint density at radius 1 is 1.24 bits per heavy atom. The maximum Gasteiger partial charge on any atom is 0.160 e. The van der Waals surface area contributed by atoms with Gasteiger partial charge in [-0.15, -0.1) is 11.6 Å². The third kappa shape index (κ3) is 3.22. The summed E-state index contributed by atoms with van der Waals surface area (Å²) in [6, 6.07) is 2.09. The first kappa shape index (κ1) is 14.8. The summed E-state index contributed by atoms with van der Waals surface area (Å²) in [6.07, 6.45) is 5.92. The van der Waals surface area contributed by atoms with Crippen molar-refractivity contribution >= 4 is 22.8 Å². The monoisotopic (exact) mass is 306 g/mol. The van der Waals surface area contributed by atoms with E-state index in [1.54, 1.807) is 0 Å². The van der Waals surface area contributed by atoms with Gasteiger partial charge in [0.2, 0.25) is 0 Å². The van der Waals surface area contributed by atoms with Crippen LogP contribution >= 0.6 is 11.6 Å². The molecule has 0 amide bonds. The van der Waals surface area contributed by atoms with Crippen molar-refractivity contribution in [3.05, 3.63) is 23.7 Å². The first-order chi connectivity index (χ1) is 10.1. The number of likely N-dealkylation sites (tertiary alicyclic amines) is 1. The van der Waals surface area contributed by atoms with Gasteiger partial charge in [-0.1, -0.05) is 6.42 Å². The Bertz CT molecular complexity index is 614. The minimum atomic E-state index is -0.0964. The lowest BCUT2D eigenvalue weighted by Gasteiger charge is -2.26. The summed E-state index contributed by atoms with van der Waals surface area (Å²) in [4.78, 5) is 11.8. The normalized spacial score (nSPS) is 18.2. The Morgan fingerprint density at radius 2 is 2.00 bits per heavy atom. The molecule has 2 aromatic rings. The maximum atomic E-state index is 6.32. The average molecular weight is 307 g/mol. The van der Waals surface area contributed by atoms with Gasteiger partial charge in [-0.25, -0.2) is 9.97 Å². The molecule has 0 bridgehead atoms. The smallest absolute Gasteiger partial charge is 0.160 e. The van der Waals surface area contributed by atoms with Crippen LogP contribution in [0.15, 0.2) is 12.3 Å². The minimum absolute atomic E-state index is 0.0964. The van der Waals surface area contributed by atoms with Crippen LogP contribution in [0, 0.1) is 6.92 Å². The summed E-state index contributed by atoms with van der Waals surface area (Å²) in [5, 5.41) is -0.0964. The van der Waals surface area contributed by atoms with E-state index in [2.05, 4.69) is 25.5 Å². The van der Waals surface area contributed by atoms with Crippen LogP contribution in [0.3, 0.4) is 0 Å². The Hall–Kier alpha value is -1.13. The van der Waals surface area contributed by atoms with Gasteiger partial charge in [-0.05, 0) is 51.4 Å². The van der Waals surface area contributed by atoms with Gasteiger partial charge in [0, 0.05) is 19.3 Å². The van der Waals surface area contributed by atoms with Crippen LogP contribution < -0.4 is 0 Å². The number of aromatic nitrogens is 3. The molecule has 1 fully saturated rings. The molecule has 1 saturated heterocycles. The molecule has 4 nitrogen and oxygen atoms in total. The van der Waals surface area contributed by atoms with E-state index < -0.39 is 0 Å². The number of rotatable bonds is 4. The summed E-state index contributed by atoms with van der Waals surface area (Å²) < 4.78 is 2.20. The number of pyridine rings is 1. The van der Waals surface area contributed by atoms with E-state index >= 15 is 0 Å². The fourth-order valence-corrected chi connectivity index (χ4v) is 3.24. The van der Waals surface area contributed by atoms with Gasteiger partial charge in [0.05, 0.1) is 5.38 Å². The van der Waals surface area contributed by atoms with Crippen LogP contribution in [0.2, 0.25) is 0 Å². The van der Waals surface area contributed by atoms with Crippen LogP contribution in [0.1, 0.15) is 43.0 Å². The molecule has 5 heteroatoms. The molecule has 1 aliphatic heterocycles. The highest BCUT2D eigenvalue weighted by atomic mass is 35.5. The number of halogens is 1. The van der Waals surface area contributed by atoms with Crippen molar-refractivity contribution in [3.63, 3.8) is 0 Å². The Balaban J connectivity index is 1.86. The number of nitrogens with zero attached hydrogens (tertiary/aromatic N) is 4. The molecule has 1 atom stereocenters. The van der Waals surface area contributed by atoms with E-state index in [-0.39, 0.29) is 5.38 Å². The number of aryl methyl sites for hydroxylation is 1. The molecule has 1 unspecified atom stereocenters. The lowest BCUT2D eigenvalue weighted by molar-refractivity contribution is 0.221. The van der Waals surface area contributed by atoms with E-state index in [0.29, 0.717) is 0 Å². The zero-order chi connectivity index (χ0) is 14.8. The summed E-state index contributed by atoms with van der Waals surface area (Å²) in [5.41, 5.74) is 3.05. The lowest BCUT2D eigenvalue weighted by atomic mass is 10.1. The summed E-state index contributed by atoms with van der Waals surface area (Å²) in [7, 11) is 0. The second kappa shape index (κ2) is 6.32. The second-order valence-electron chi connectivity index (χ2n) is 6.00. The number of hydrogen-bond donors (Lipinski definition) is 0. The van der Waals surface area contributed by atoms with Crippen LogP contribution in [0.5, 0.6) is 0 Å². The number of hydrogen-bond acceptors (Lipinski definition) is 3. The number of alkyl halides is 1. The average Bonchev–Trinajstić information content (AvgIpc) is 2.84. The quantitative estimate of drug-likeness (QED) is 0.810. The van der Waals surface area contributed by atoms with Gasteiger partial charge in [0.25, 0.3) is 0 Å². The lowest BCUT2D eigenvalue weighted by Crippen LogP contribution is -2.32. The van der Waals surface area contributed by atoms with Crippen molar-refractivity contribution in [2.24, 2.45) is 0 Å². The maximum absolute atomic E-state index is 6.32. The third-order valence-corrected chi connectivity index (χ3v) is 4.39. The first-order valence-corrected chi connectivity index (χ1v) is 8.28. The first-order valence-electron chi connectivity index (χ1n) is 7.84. The molecular weight excluding hydrogens is 284 g/mol. The summed E-state index contributed by atoms with van der Waals surface area (Å²) >= 11 is 6.32. The predicted molar refractivity (Wildman–Crippen MR) is 86.8 cm³/mol. The molecule has 0 radical (unpaired) electrons. The summed E-state index contributed by atoms with van der Waals surface area (Å²) in [6.45, 7) is 8.42. The predicted octanol–water partition coefficient (Wildman–Crippen LogP) is 3.53. The molecule has 2 aromatic heterocycles. The van der Waals surface area contributed by atoms with Crippen molar-refractivity contribution in [2.45, 2.75) is 45.0 Å². The van der Waals surface area contributed by atoms with Crippen molar-refractivity contribution in [3.8, 4) is 0 Å². The van der Waals surface area contributed by atoms with E-state index in [0.717, 1.165) is 35.6 Å². The second-order valence-corrected chi connectivity index (χ2v) is 6.65. The van der Waals surface area contributed by atoms with Gasteiger partial charge in [-0.3, -0.25) is 0 Å². The Morgan fingerprint density at radius 3 is 2.71 bits per heavy atom. The number of fused-ring (bicyclic) bond motifs is 1. The largest absolute Gasteiger partial charge is 0.310 e. The Labute approximate surface area is 131 Å². The van der Waals surface area contributed by atoms with E-state index in [1.165, 1.54) is 32.4 Å². The van der Waals surface area contributed by atoms with Gasteiger partial charge in [0.1, 0.15) is 11.3 Å². The molecule has 1 aliphatic rings. The van der Waals surface area contributed by atoms with Gasteiger partial charge < -0.3 is 9.47 Å². The van der Waals surface area contributed by atoms with Gasteiger partial charge in [-0.2, -0.15) is 0 Å². The van der Waals surface area contributed by atoms with Crippen molar-refractivity contribution in [2.75, 3.05) is 19.6 Å². The third-order valence-electron chi connectivity index (χ3n) is 4.20. The van der Waals surface area contributed by atoms with Gasteiger partial charge >= 0.3 is 0 Å². The zero-order valence-corrected chi connectivity index (χ0v) is 13.6. The van der Waals surface area contributed by atoms with E-state index in [1.807, 2.05) is 20.0 Å². The zero-order valence-electron chi connectivity index (χ0n) is 12.8. The number of piperidine rings is 1. The van der Waals surface area contributed by atoms with Crippen LogP contribution in [0.25, 0.3) is 11.2 Å². The molecule has 0 spiro atoms. The molecule has 0 N–H and O–H groups in total. The topological polar surface area (TPSA) is 34.0 Å². The van der Waals surface area contributed by atoms with E-state index in [9.17, 15) is 0 Å².